The molecule has 30 heavy (non-hydrogen) atoms. The fourth-order valence-electron chi connectivity index (χ4n) is 3.02. The first kappa shape index (κ1) is 21.9. The van der Waals surface area contributed by atoms with Gasteiger partial charge in [-0.15, -0.1) is 0 Å². The van der Waals surface area contributed by atoms with Crippen LogP contribution < -0.4 is 9.47 Å². The standard InChI is InChI=1S/C21H21F3O6/c1-26-18-11-14(20-28-7-8-29-20)5-6-17(18)30-12-15-4-3-13(10-19(25)27-2)9-16(15)21(22,23)24/h3-6,9,11,20H,7-8,10,12H2,1-2H3. The first-order valence-electron chi connectivity index (χ1n) is 9.11. The molecule has 9 heteroatoms. The number of rotatable bonds is 7. The summed E-state index contributed by atoms with van der Waals surface area (Å²) in [4.78, 5) is 11.4. The van der Waals surface area contributed by atoms with Crippen molar-refractivity contribution >= 4 is 5.97 Å². The molecule has 0 aromatic heterocycles. The lowest BCUT2D eigenvalue weighted by Gasteiger charge is -2.17. The van der Waals surface area contributed by atoms with Gasteiger partial charge in [0.1, 0.15) is 6.61 Å². The fourth-order valence-corrected chi connectivity index (χ4v) is 3.02. The van der Waals surface area contributed by atoms with E-state index in [0.29, 0.717) is 19.0 Å². The molecule has 6 nitrogen and oxygen atoms in total. The Kier molecular flexibility index (Phi) is 6.84. The van der Waals surface area contributed by atoms with Crippen molar-refractivity contribution in [2.45, 2.75) is 25.5 Å². The Morgan fingerprint density at radius 2 is 1.80 bits per heavy atom. The molecule has 1 fully saturated rings. The van der Waals surface area contributed by atoms with Gasteiger partial charge >= 0.3 is 12.1 Å². The van der Waals surface area contributed by atoms with Crippen molar-refractivity contribution in [2.24, 2.45) is 0 Å². The van der Waals surface area contributed by atoms with E-state index in [1.165, 1.54) is 26.4 Å². The van der Waals surface area contributed by atoms with Gasteiger partial charge in [0.15, 0.2) is 17.8 Å². The number of methoxy groups -OCH3 is 2. The molecular formula is C21H21F3O6. The lowest BCUT2D eigenvalue weighted by atomic mass is 10.0. The van der Waals surface area contributed by atoms with Gasteiger partial charge in [-0.2, -0.15) is 13.2 Å². The van der Waals surface area contributed by atoms with Crippen molar-refractivity contribution in [3.05, 3.63) is 58.7 Å². The maximum Gasteiger partial charge on any atom is 0.416 e. The molecule has 0 unspecified atom stereocenters. The van der Waals surface area contributed by atoms with Crippen molar-refractivity contribution < 1.29 is 41.7 Å². The largest absolute Gasteiger partial charge is 0.493 e. The van der Waals surface area contributed by atoms with E-state index >= 15 is 0 Å². The molecule has 0 saturated carbocycles. The molecule has 1 aliphatic heterocycles. The summed E-state index contributed by atoms with van der Waals surface area (Å²) >= 11 is 0. The minimum Gasteiger partial charge on any atom is -0.493 e. The lowest BCUT2D eigenvalue weighted by molar-refractivity contribution is -0.141. The van der Waals surface area contributed by atoms with E-state index in [-0.39, 0.29) is 29.9 Å². The van der Waals surface area contributed by atoms with Crippen molar-refractivity contribution in [3.63, 3.8) is 0 Å². The number of ether oxygens (including phenoxy) is 5. The zero-order valence-corrected chi connectivity index (χ0v) is 16.5. The van der Waals surface area contributed by atoms with Gasteiger partial charge in [-0.05, 0) is 23.8 Å². The van der Waals surface area contributed by atoms with Crippen LogP contribution in [0.5, 0.6) is 11.5 Å². The third kappa shape index (κ3) is 5.22. The molecule has 0 amide bonds. The molecule has 3 rings (SSSR count). The first-order chi connectivity index (χ1) is 14.3. The van der Waals surface area contributed by atoms with Crippen LogP contribution >= 0.6 is 0 Å². The fraction of sp³-hybridized carbons (Fsp3) is 0.381. The van der Waals surface area contributed by atoms with Crippen LogP contribution in [-0.2, 0) is 38.2 Å². The van der Waals surface area contributed by atoms with E-state index in [4.69, 9.17) is 18.9 Å². The number of alkyl halides is 3. The smallest absolute Gasteiger partial charge is 0.416 e. The molecule has 2 aromatic rings. The highest BCUT2D eigenvalue weighted by Crippen LogP contribution is 2.36. The van der Waals surface area contributed by atoms with Gasteiger partial charge in [0.05, 0.1) is 39.4 Å². The SMILES string of the molecule is COC(=O)Cc1ccc(COc2ccc(C3OCCO3)cc2OC)c(C(F)(F)F)c1. The summed E-state index contributed by atoms with van der Waals surface area (Å²) < 4.78 is 66.8. The van der Waals surface area contributed by atoms with Gasteiger partial charge in [-0.3, -0.25) is 4.79 Å². The maximum atomic E-state index is 13.5. The van der Waals surface area contributed by atoms with Crippen LogP contribution in [0.1, 0.15) is 28.5 Å². The predicted molar refractivity (Wildman–Crippen MR) is 99.1 cm³/mol. The Morgan fingerprint density at radius 3 is 2.43 bits per heavy atom. The summed E-state index contributed by atoms with van der Waals surface area (Å²) in [6.45, 7) is 0.633. The molecule has 0 atom stereocenters. The lowest BCUT2D eigenvalue weighted by Crippen LogP contribution is -2.13. The van der Waals surface area contributed by atoms with Gasteiger partial charge in [0.25, 0.3) is 0 Å². The normalized spacial score (nSPS) is 14.6. The van der Waals surface area contributed by atoms with Gasteiger partial charge in [-0.1, -0.05) is 18.2 Å². The number of hydrogen-bond donors (Lipinski definition) is 0. The average molecular weight is 426 g/mol. The third-order valence-electron chi connectivity index (χ3n) is 4.52. The molecule has 0 aliphatic carbocycles. The molecule has 162 valence electrons. The topological polar surface area (TPSA) is 63.2 Å². The van der Waals surface area contributed by atoms with Crippen LogP contribution in [-0.4, -0.2) is 33.4 Å². The maximum absolute atomic E-state index is 13.5. The highest BCUT2D eigenvalue weighted by molar-refractivity contribution is 5.72. The van der Waals surface area contributed by atoms with Crippen LogP contribution in [0.3, 0.4) is 0 Å². The van der Waals surface area contributed by atoms with Crippen molar-refractivity contribution in [1.29, 1.82) is 0 Å². The first-order valence-corrected chi connectivity index (χ1v) is 9.11. The number of halogens is 3. The number of hydrogen-bond acceptors (Lipinski definition) is 6. The van der Waals surface area contributed by atoms with Gasteiger partial charge in [0, 0.05) is 11.1 Å². The highest BCUT2D eigenvalue weighted by Gasteiger charge is 2.34. The zero-order chi connectivity index (χ0) is 21.7. The summed E-state index contributed by atoms with van der Waals surface area (Å²) in [6.07, 6.45) is -5.36. The van der Waals surface area contributed by atoms with Crippen LogP contribution in [0, 0.1) is 0 Å². The third-order valence-corrected chi connectivity index (χ3v) is 4.52. The minimum atomic E-state index is -4.60. The van der Waals surface area contributed by atoms with Crippen LogP contribution in [0.2, 0.25) is 0 Å². The number of carbonyl (C=O) groups is 1. The van der Waals surface area contributed by atoms with Crippen LogP contribution in [0.4, 0.5) is 13.2 Å². The molecule has 0 bridgehead atoms. The second-order valence-corrected chi connectivity index (χ2v) is 6.51. The second-order valence-electron chi connectivity index (χ2n) is 6.51. The van der Waals surface area contributed by atoms with Crippen molar-refractivity contribution in [3.8, 4) is 11.5 Å². The molecule has 2 aromatic carbocycles. The molecule has 1 aliphatic rings. The Labute approximate surface area is 171 Å². The Balaban J connectivity index is 1.79. The Hall–Kier alpha value is -2.78. The van der Waals surface area contributed by atoms with E-state index in [2.05, 4.69) is 4.74 Å². The molecule has 0 N–H and O–H groups in total. The second kappa shape index (κ2) is 9.36. The quantitative estimate of drug-likeness (QED) is 0.623. The van der Waals surface area contributed by atoms with E-state index in [0.717, 1.165) is 11.6 Å². The van der Waals surface area contributed by atoms with E-state index < -0.39 is 24.0 Å². The molecule has 0 spiro atoms. The number of benzene rings is 2. The van der Waals surface area contributed by atoms with Crippen LogP contribution in [0.15, 0.2) is 36.4 Å². The van der Waals surface area contributed by atoms with Gasteiger partial charge < -0.3 is 23.7 Å². The zero-order valence-electron chi connectivity index (χ0n) is 16.5. The van der Waals surface area contributed by atoms with E-state index in [9.17, 15) is 18.0 Å². The minimum absolute atomic E-state index is 0.0651. The average Bonchev–Trinajstić information content (AvgIpc) is 3.26. The molecule has 1 saturated heterocycles. The van der Waals surface area contributed by atoms with Gasteiger partial charge in [-0.25, -0.2) is 0 Å². The summed E-state index contributed by atoms with van der Waals surface area (Å²) in [7, 11) is 2.62. The van der Waals surface area contributed by atoms with Crippen LogP contribution in [0.25, 0.3) is 0 Å². The van der Waals surface area contributed by atoms with Crippen molar-refractivity contribution in [1.82, 2.24) is 0 Å². The molecule has 0 radical (unpaired) electrons. The highest BCUT2D eigenvalue weighted by atomic mass is 19.4. The number of esters is 1. The summed E-state index contributed by atoms with van der Waals surface area (Å²) in [5.74, 6) is 0.0145. The summed E-state index contributed by atoms with van der Waals surface area (Å²) in [5, 5.41) is 0. The molecule has 1 heterocycles. The summed E-state index contributed by atoms with van der Waals surface area (Å²) in [5.41, 5.74) is -0.00628. The predicted octanol–water partition coefficient (Wildman–Crippen LogP) is 4.05. The monoisotopic (exact) mass is 426 g/mol. The Bertz CT molecular complexity index is 891. The van der Waals surface area contributed by atoms with Gasteiger partial charge in [0.2, 0.25) is 0 Å². The van der Waals surface area contributed by atoms with E-state index in [1.807, 2.05) is 0 Å². The summed E-state index contributed by atoms with van der Waals surface area (Å²) in [6, 6.07) is 8.64. The Morgan fingerprint density at radius 1 is 1.07 bits per heavy atom. The van der Waals surface area contributed by atoms with E-state index in [1.54, 1.807) is 18.2 Å². The number of carbonyl (C=O) groups excluding carboxylic acids is 1. The van der Waals surface area contributed by atoms with Crippen molar-refractivity contribution in [2.75, 3.05) is 27.4 Å². The molecular weight excluding hydrogens is 405 g/mol.